The van der Waals surface area contributed by atoms with Crippen LogP contribution in [0.5, 0.6) is 0 Å². The third-order valence-electron chi connectivity index (χ3n) is 4.88. The lowest BCUT2D eigenvalue weighted by molar-refractivity contribution is -0.170. The van der Waals surface area contributed by atoms with Gasteiger partial charge in [-0.05, 0) is 51.9 Å². The van der Waals surface area contributed by atoms with E-state index in [4.69, 9.17) is 17.0 Å². The van der Waals surface area contributed by atoms with E-state index in [1.165, 1.54) is 0 Å². The summed E-state index contributed by atoms with van der Waals surface area (Å²) in [6.45, 7) is 7.35. The number of hydrogen-bond donors (Lipinski definition) is 4. The lowest BCUT2D eigenvalue weighted by atomic mass is 9.64. The number of esters is 1. The molecule has 2 fully saturated rings. The molecule has 1 spiro atoms. The van der Waals surface area contributed by atoms with Crippen LogP contribution in [-0.4, -0.2) is 33.1 Å². The zero-order valence-corrected chi connectivity index (χ0v) is 16.4. The van der Waals surface area contributed by atoms with E-state index in [2.05, 4.69) is 16.2 Å². The van der Waals surface area contributed by atoms with E-state index in [1.807, 2.05) is 51.1 Å². The van der Waals surface area contributed by atoms with Crippen molar-refractivity contribution in [1.82, 2.24) is 16.2 Å². The summed E-state index contributed by atoms with van der Waals surface area (Å²) >= 11 is 5.23. The number of hydrogen-bond acceptors (Lipinski definition) is 5. The van der Waals surface area contributed by atoms with Gasteiger partial charge in [0, 0.05) is 12.3 Å². The number of nitrogens with one attached hydrogen (secondary N) is 3. The summed E-state index contributed by atoms with van der Waals surface area (Å²) < 4.78 is 5.75. The summed E-state index contributed by atoms with van der Waals surface area (Å²) in [7, 11) is 0. The zero-order valence-electron chi connectivity index (χ0n) is 15.6. The first-order valence-electron chi connectivity index (χ1n) is 8.87. The molecule has 7 heteroatoms. The highest BCUT2D eigenvalue weighted by atomic mass is 32.1. The Morgan fingerprint density at radius 2 is 1.96 bits per heavy atom. The van der Waals surface area contributed by atoms with Crippen molar-refractivity contribution in [3.8, 4) is 0 Å². The van der Waals surface area contributed by atoms with E-state index in [1.54, 1.807) is 6.92 Å². The number of hydrazine groups is 1. The number of aliphatic hydroxyl groups is 1. The Labute approximate surface area is 159 Å². The van der Waals surface area contributed by atoms with Gasteiger partial charge in [-0.3, -0.25) is 10.2 Å². The molecule has 4 N–H and O–H groups in total. The summed E-state index contributed by atoms with van der Waals surface area (Å²) in [5.41, 5.74) is 4.52. The van der Waals surface area contributed by atoms with Crippen molar-refractivity contribution in [1.29, 1.82) is 0 Å². The second-order valence-corrected chi connectivity index (χ2v) is 8.99. The second kappa shape index (κ2) is 6.48. The Morgan fingerprint density at radius 3 is 2.50 bits per heavy atom. The number of thiocarbonyl (C=S) groups is 1. The minimum Gasteiger partial charge on any atom is -0.460 e. The largest absolute Gasteiger partial charge is 0.460 e. The molecule has 4 atom stereocenters. The molecule has 0 aromatic heterocycles. The molecule has 1 saturated carbocycles. The van der Waals surface area contributed by atoms with Crippen molar-refractivity contribution >= 4 is 23.3 Å². The van der Waals surface area contributed by atoms with Crippen molar-refractivity contribution < 1.29 is 14.6 Å². The normalized spacial score (nSPS) is 34.3. The van der Waals surface area contributed by atoms with Gasteiger partial charge in [-0.1, -0.05) is 30.3 Å². The average molecular weight is 378 g/mol. The highest BCUT2D eigenvalue weighted by Crippen LogP contribution is 2.48. The molecule has 3 rings (SSSR count). The minimum atomic E-state index is -0.972. The summed E-state index contributed by atoms with van der Waals surface area (Å²) in [4.78, 5) is 13.2. The number of carbonyl (C=O) groups excluding carboxylic acids is 1. The summed E-state index contributed by atoms with van der Waals surface area (Å²) in [5, 5.41) is 14.5. The standard InChI is InChI=1S/C19H27N3O3S/c1-17(2,3)25-15(23)14-13(12-8-6-5-7-9-12)10-18(4,24)11-19(14)20-16(26)21-22-19/h5-9,13-14,22,24H,10-11H2,1-4H3,(H2,20,21,26)/t13-,14+,18+,19+/m1/s1. The van der Waals surface area contributed by atoms with E-state index < -0.39 is 22.8 Å². The fourth-order valence-electron chi connectivity index (χ4n) is 4.14. The third-order valence-corrected chi connectivity index (χ3v) is 5.08. The van der Waals surface area contributed by atoms with Gasteiger partial charge in [0.25, 0.3) is 0 Å². The predicted molar refractivity (Wildman–Crippen MR) is 103 cm³/mol. The van der Waals surface area contributed by atoms with Crippen LogP contribution in [0.15, 0.2) is 30.3 Å². The average Bonchev–Trinajstić information content (AvgIpc) is 2.85. The molecule has 1 aliphatic heterocycles. The Bertz CT molecular complexity index is 702. The Hall–Kier alpha value is -1.70. The molecule has 0 amide bonds. The van der Waals surface area contributed by atoms with Crippen LogP contribution in [0.1, 0.15) is 52.0 Å². The first-order valence-corrected chi connectivity index (χ1v) is 9.28. The van der Waals surface area contributed by atoms with Crippen LogP contribution in [0, 0.1) is 5.92 Å². The van der Waals surface area contributed by atoms with Crippen LogP contribution < -0.4 is 16.2 Å². The topological polar surface area (TPSA) is 82.6 Å². The monoisotopic (exact) mass is 377 g/mol. The van der Waals surface area contributed by atoms with Crippen LogP contribution >= 0.6 is 12.2 Å². The smallest absolute Gasteiger partial charge is 0.313 e. The molecule has 2 aliphatic rings. The molecule has 0 radical (unpaired) electrons. The molecular weight excluding hydrogens is 350 g/mol. The van der Waals surface area contributed by atoms with Crippen molar-refractivity contribution in [3.05, 3.63) is 35.9 Å². The Balaban J connectivity index is 2.07. The zero-order chi connectivity index (χ0) is 19.2. The van der Waals surface area contributed by atoms with Gasteiger partial charge in [0.1, 0.15) is 17.2 Å². The lowest BCUT2D eigenvalue weighted by Crippen LogP contribution is -2.67. The van der Waals surface area contributed by atoms with Gasteiger partial charge < -0.3 is 15.2 Å². The van der Waals surface area contributed by atoms with Crippen molar-refractivity contribution in [2.24, 2.45) is 5.92 Å². The Morgan fingerprint density at radius 1 is 1.31 bits per heavy atom. The number of benzene rings is 1. The van der Waals surface area contributed by atoms with Crippen molar-refractivity contribution in [2.75, 3.05) is 0 Å². The van der Waals surface area contributed by atoms with Crippen LogP contribution in [0.25, 0.3) is 0 Å². The van der Waals surface area contributed by atoms with E-state index >= 15 is 0 Å². The van der Waals surface area contributed by atoms with Gasteiger partial charge in [-0.2, -0.15) is 0 Å². The van der Waals surface area contributed by atoms with E-state index in [0.29, 0.717) is 18.0 Å². The van der Waals surface area contributed by atoms with Gasteiger partial charge in [0.05, 0.1) is 5.60 Å². The third kappa shape index (κ3) is 3.84. The minimum absolute atomic E-state index is 0.225. The van der Waals surface area contributed by atoms with E-state index in [0.717, 1.165) is 5.56 Å². The molecule has 0 bridgehead atoms. The molecule has 1 heterocycles. The highest BCUT2D eigenvalue weighted by Gasteiger charge is 2.59. The predicted octanol–water partition coefficient (Wildman–Crippen LogP) is 1.95. The quantitative estimate of drug-likeness (QED) is 0.463. The SMILES string of the molecule is CC(C)(C)OC(=O)[C@@H]1[C@@H](c2ccccc2)C[C@](C)(O)C[C@]12NNC(=S)N2. The number of ether oxygens (including phenoxy) is 1. The van der Waals surface area contributed by atoms with Gasteiger partial charge in [-0.25, -0.2) is 5.43 Å². The maximum atomic E-state index is 13.2. The van der Waals surface area contributed by atoms with Crippen LogP contribution in [-0.2, 0) is 9.53 Å². The van der Waals surface area contributed by atoms with Gasteiger partial charge in [0.2, 0.25) is 0 Å². The lowest BCUT2D eigenvalue weighted by Gasteiger charge is -2.49. The molecular formula is C19H27N3O3S. The molecule has 0 unspecified atom stereocenters. The molecule has 1 aliphatic carbocycles. The summed E-state index contributed by atoms with van der Waals surface area (Å²) in [6, 6.07) is 9.78. The van der Waals surface area contributed by atoms with Crippen LogP contribution in [0.4, 0.5) is 0 Å². The summed E-state index contributed by atoms with van der Waals surface area (Å²) in [6.07, 6.45) is 0.777. The van der Waals surface area contributed by atoms with Crippen molar-refractivity contribution in [2.45, 2.75) is 63.3 Å². The second-order valence-electron chi connectivity index (χ2n) is 8.58. The molecule has 1 aromatic carbocycles. The highest BCUT2D eigenvalue weighted by molar-refractivity contribution is 7.80. The number of carbonyl (C=O) groups is 1. The summed E-state index contributed by atoms with van der Waals surface area (Å²) in [5.74, 6) is -1.09. The molecule has 142 valence electrons. The van der Waals surface area contributed by atoms with E-state index in [9.17, 15) is 9.90 Å². The Kier molecular flexibility index (Phi) is 4.75. The van der Waals surface area contributed by atoms with Gasteiger partial charge in [-0.15, -0.1) is 0 Å². The van der Waals surface area contributed by atoms with Crippen molar-refractivity contribution in [3.63, 3.8) is 0 Å². The fourth-order valence-corrected chi connectivity index (χ4v) is 4.37. The van der Waals surface area contributed by atoms with Crippen LogP contribution in [0.3, 0.4) is 0 Å². The maximum absolute atomic E-state index is 13.2. The fraction of sp³-hybridized carbons (Fsp3) is 0.579. The van der Waals surface area contributed by atoms with Gasteiger partial charge in [0.15, 0.2) is 5.11 Å². The molecule has 1 aromatic rings. The molecule has 6 nitrogen and oxygen atoms in total. The number of rotatable bonds is 2. The van der Waals surface area contributed by atoms with Gasteiger partial charge >= 0.3 is 5.97 Å². The molecule has 26 heavy (non-hydrogen) atoms. The first kappa shape index (κ1) is 19.1. The van der Waals surface area contributed by atoms with E-state index in [-0.39, 0.29) is 11.9 Å². The first-order chi connectivity index (χ1) is 12.0. The van der Waals surface area contributed by atoms with Crippen LogP contribution in [0.2, 0.25) is 0 Å². The maximum Gasteiger partial charge on any atom is 0.313 e. The molecule has 1 saturated heterocycles.